The lowest BCUT2D eigenvalue weighted by Crippen LogP contribution is -2.20. The van der Waals surface area contributed by atoms with Gasteiger partial charge in [-0.05, 0) is 30.5 Å². The third-order valence-electron chi connectivity index (χ3n) is 3.15. The zero-order valence-electron chi connectivity index (χ0n) is 10.7. The highest BCUT2D eigenvalue weighted by Crippen LogP contribution is 2.32. The Morgan fingerprint density at radius 1 is 1.42 bits per heavy atom. The molecule has 0 saturated heterocycles. The fourth-order valence-electron chi connectivity index (χ4n) is 1.87. The lowest BCUT2D eigenvalue weighted by molar-refractivity contribution is -0.383. The number of nitrogen functional groups attached to an aromatic ring is 1. The first kappa shape index (κ1) is 13.4. The van der Waals surface area contributed by atoms with Crippen LogP contribution in [0.2, 0.25) is 0 Å². The topological polar surface area (TPSA) is 72.4 Å². The van der Waals surface area contributed by atoms with E-state index in [0.29, 0.717) is 0 Å². The Kier molecular flexibility index (Phi) is 3.71. The van der Waals surface area contributed by atoms with Crippen molar-refractivity contribution in [2.24, 2.45) is 0 Å². The molecular weight excluding hydrogens is 262 g/mol. The van der Waals surface area contributed by atoms with Crippen molar-refractivity contribution in [3.05, 3.63) is 50.7 Å². The van der Waals surface area contributed by atoms with Crippen LogP contribution in [0.4, 0.5) is 17.1 Å². The maximum Gasteiger partial charge on any atom is 0.292 e. The molecule has 0 saturated carbocycles. The van der Waals surface area contributed by atoms with E-state index in [1.54, 1.807) is 23.5 Å². The number of nitro benzene ring substituents is 1. The first-order valence-corrected chi connectivity index (χ1v) is 6.69. The van der Waals surface area contributed by atoms with Crippen LogP contribution in [-0.2, 0) is 0 Å². The predicted octanol–water partition coefficient (Wildman–Crippen LogP) is 3.44. The van der Waals surface area contributed by atoms with Gasteiger partial charge in [0.05, 0.1) is 11.0 Å². The SMILES string of the molecule is CC(c1cccs1)N(C)c1ccc([N+](=O)[O-])c(N)c1. The van der Waals surface area contributed by atoms with Gasteiger partial charge in [0, 0.05) is 23.7 Å². The van der Waals surface area contributed by atoms with Crippen LogP contribution in [0.5, 0.6) is 0 Å². The van der Waals surface area contributed by atoms with E-state index >= 15 is 0 Å². The monoisotopic (exact) mass is 277 g/mol. The molecule has 6 heteroatoms. The Morgan fingerprint density at radius 2 is 2.16 bits per heavy atom. The van der Waals surface area contributed by atoms with Gasteiger partial charge in [0.25, 0.3) is 5.69 Å². The molecule has 2 rings (SSSR count). The van der Waals surface area contributed by atoms with Gasteiger partial charge < -0.3 is 10.6 Å². The molecule has 0 aliphatic rings. The first-order chi connectivity index (χ1) is 9.00. The second-order valence-electron chi connectivity index (χ2n) is 4.30. The van der Waals surface area contributed by atoms with Crippen LogP contribution in [0, 0.1) is 10.1 Å². The van der Waals surface area contributed by atoms with Crippen molar-refractivity contribution in [2.75, 3.05) is 17.7 Å². The number of nitrogens with two attached hydrogens (primary N) is 1. The molecule has 1 aromatic carbocycles. The highest BCUT2D eigenvalue weighted by Gasteiger charge is 2.17. The van der Waals surface area contributed by atoms with E-state index in [-0.39, 0.29) is 17.4 Å². The molecule has 100 valence electrons. The van der Waals surface area contributed by atoms with Gasteiger partial charge in [0.1, 0.15) is 5.69 Å². The van der Waals surface area contributed by atoms with Gasteiger partial charge in [-0.15, -0.1) is 11.3 Å². The summed E-state index contributed by atoms with van der Waals surface area (Å²) in [6.45, 7) is 2.09. The first-order valence-electron chi connectivity index (χ1n) is 5.81. The lowest BCUT2D eigenvalue weighted by Gasteiger charge is -2.26. The van der Waals surface area contributed by atoms with E-state index in [9.17, 15) is 10.1 Å². The molecule has 0 spiro atoms. The van der Waals surface area contributed by atoms with Crippen molar-refractivity contribution < 1.29 is 4.92 Å². The summed E-state index contributed by atoms with van der Waals surface area (Å²) in [6.07, 6.45) is 0. The van der Waals surface area contributed by atoms with E-state index in [1.165, 1.54) is 10.9 Å². The molecular formula is C13H15N3O2S. The van der Waals surface area contributed by atoms with Gasteiger partial charge in [0.15, 0.2) is 0 Å². The Bertz CT molecular complexity index is 584. The zero-order valence-corrected chi connectivity index (χ0v) is 11.6. The summed E-state index contributed by atoms with van der Waals surface area (Å²) < 4.78 is 0. The standard InChI is InChI=1S/C13H15N3O2S/c1-9(13-4-3-7-19-13)15(2)10-5-6-12(16(17)18)11(14)8-10/h3-9H,14H2,1-2H3. The Morgan fingerprint density at radius 3 is 2.68 bits per heavy atom. The summed E-state index contributed by atoms with van der Waals surface area (Å²) in [6, 6.07) is 9.08. The molecule has 5 nitrogen and oxygen atoms in total. The van der Waals surface area contributed by atoms with Crippen LogP contribution in [0.1, 0.15) is 17.8 Å². The smallest absolute Gasteiger partial charge is 0.292 e. The van der Waals surface area contributed by atoms with Gasteiger partial charge in [-0.1, -0.05) is 6.07 Å². The third kappa shape index (κ3) is 2.68. The number of thiophene rings is 1. The van der Waals surface area contributed by atoms with Gasteiger partial charge in [0.2, 0.25) is 0 Å². The molecule has 2 aromatic rings. The number of hydrogen-bond acceptors (Lipinski definition) is 5. The predicted molar refractivity (Wildman–Crippen MR) is 78.6 cm³/mol. The molecule has 0 radical (unpaired) electrons. The maximum atomic E-state index is 10.7. The van der Waals surface area contributed by atoms with Crippen molar-refractivity contribution >= 4 is 28.4 Å². The minimum atomic E-state index is -0.470. The van der Waals surface area contributed by atoms with Gasteiger partial charge >= 0.3 is 0 Å². The molecule has 1 atom stereocenters. The molecule has 0 aliphatic heterocycles. The normalized spacial score (nSPS) is 12.1. The van der Waals surface area contributed by atoms with Crippen LogP contribution >= 0.6 is 11.3 Å². The van der Waals surface area contributed by atoms with Crippen LogP contribution < -0.4 is 10.6 Å². The number of hydrogen-bond donors (Lipinski definition) is 1. The Hall–Kier alpha value is -2.08. The summed E-state index contributed by atoms with van der Waals surface area (Å²) in [5.41, 5.74) is 6.71. The average molecular weight is 277 g/mol. The number of benzene rings is 1. The molecule has 2 N–H and O–H groups in total. The fourth-order valence-corrected chi connectivity index (χ4v) is 2.70. The molecule has 1 unspecified atom stereocenters. The summed E-state index contributed by atoms with van der Waals surface area (Å²) in [4.78, 5) is 13.5. The molecule has 0 fully saturated rings. The Labute approximate surface area is 115 Å². The second-order valence-corrected chi connectivity index (χ2v) is 5.28. The number of rotatable bonds is 4. The van der Waals surface area contributed by atoms with Crippen LogP contribution in [-0.4, -0.2) is 12.0 Å². The van der Waals surface area contributed by atoms with Gasteiger partial charge in [-0.3, -0.25) is 10.1 Å². The summed E-state index contributed by atoms with van der Waals surface area (Å²) in [5, 5.41) is 12.8. The number of anilines is 2. The molecule has 0 bridgehead atoms. The lowest BCUT2D eigenvalue weighted by atomic mass is 10.2. The Balaban J connectivity index is 2.27. The maximum absolute atomic E-state index is 10.7. The zero-order chi connectivity index (χ0) is 14.0. The molecule has 0 amide bonds. The van der Waals surface area contributed by atoms with Crippen LogP contribution in [0.25, 0.3) is 0 Å². The molecule has 1 aromatic heterocycles. The number of nitrogens with zero attached hydrogens (tertiary/aromatic N) is 2. The highest BCUT2D eigenvalue weighted by atomic mass is 32.1. The van der Waals surface area contributed by atoms with Gasteiger partial charge in [-0.25, -0.2) is 0 Å². The van der Waals surface area contributed by atoms with Crippen molar-refractivity contribution in [3.63, 3.8) is 0 Å². The quantitative estimate of drug-likeness (QED) is 0.528. The van der Waals surface area contributed by atoms with E-state index in [0.717, 1.165) is 5.69 Å². The molecule has 1 heterocycles. The second kappa shape index (κ2) is 5.27. The average Bonchev–Trinajstić information content (AvgIpc) is 2.90. The van der Waals surface area contributed by atoms with E-state index in [1.807, 2.05) is 23.4 Å². The summed E-state index contributed by atoms with van der Waals surface area (Å²) in [7, 11) is 1.95. The van der Waals surface area contributed by atoms with E-state index in [4.69, 9.17) is 5.73 Å². The minimum Gasteiger partial charge on any atom is -0.393 e. The molecule has 19 heavy (non-hydrogen) atoms. The largest absolute Gasteiger partial charge is 0.393 e. The van der Waals surface area contributed by atoms with Crippen LogP contribution in [0.15, 0.2) is 35.7 Å². The fraction of sp³-hybridized carbons (Fsp3) is 0.231. The molecule has 0 aliphatic carbocycles. The summed E-state index contributed by atoms with van der Waals surface area (Å²) >= 11 is 1.69. The third-order valence-corrected chi connectivity index (χ3v) is 4.19. The number of nitro groups is 1. The van der Waals surface area contributed by atoms with Crippen LogP contribution in [0.3, 0.4) is 0 Å². The van der Waals surface area contributed by atoms with Crippen molar-refractivity contribution in [2.45, 2.75) is 13.0 Å². The van der Waals surface area contributed by atoms with E-state index < -0.39 is 4.92 Å². The van der Waals surface area contributed by atoms with E-state index in [2.05, 4.69) is 13.0 Å². The summed E-state index contributed by atoms with van der Waals surface area (Å²) in [5.74, 6) is 0. The minimum absolute atomic E-state index is 0.0547. The van der Waals surface area contributed by atoms with Crippen molar-refractivity contribution in [1.82, 2.24) is 0 Å². The van der Waals surface area contributed by atoms with Crippen molar-refractivity contribution in [1.29, 1.82) is 0 Å². The van der Waals surface area contributed by atoms with Crippen molar-refractivity contribution in [3.8, 4) is 0 Å². The van der Waals surface area contributed by atoms with Gasteiger partial charge in [-0.2, -0.15) is 0 Å². The highest BCUT2D eigenvalue weighted by molar-refractivity contribution is 7.10.